The second-order valence-electron chi connectivity index (χ2n) is 4.34. The molecule has 0 unspecified atom stereocenters. The van der Waals surface area contributed by atoms with E-state index < -0.39 is 17.8 Å². The summed E-state index contributed by atoms with van der Waals surface area (Å²) in [4.78, 5) is 22.5. The summed E-state index contributed by atoms with van der Waals surface area (Å²) in [6, 6.07) is 0. The molecule has 4 nitrogen and oxygen atoms in total. The van der Waals surface area contributed by atoms with Crippen molar-refractivity contribution in [2.75, 3.05) is 0 Å². The number of nitrogens with two attached hydrogens (primary N) is 1. The summed E-state index contributed by atoms with van der Waals surface area (Å²) in [5, 5.41) is 0. The Balaban J connectivity index is 2.24. The first-order chi connectivity index (χ1) is 6.61. The zero-order chi connectivity index (χ0) is 10.3. The molecule has 2 N–H and O–H groups in total. The molecule has 1 heterocycles. The number of amides is 1. The quantitative estimate of drug-likeness (QED) is 0.490. The van der Waals surface area contributed by atoms with E-state index in [2.05, 4.69) is 6.92 Å². The van der Waals surface area contributed by atoms with Crippen LogP contribution in [0.25, 0.3) is 0 Å². The van der Waals surface area contributed by atoms with Gasteiger partial charge in [0.2, 0.25) is 5.91 Å². The van der Waals surface area contributed by atoms with Crippen LogP contribution < -0.4 is 5.73 Å². The van der Waals surface area contributed by atoms with Crippen molar-refractivity contribution < 1.29 is 14.3 Å². The summed E-state index contributed by atoms with van der Waals surface area (Å²) in [6.07, 6.45) is 2.94. The minimum Gasteiger partial charge on any atom is -0.461 e. The van der Waals surface area contributed by atoms with Crippen LogP contribution in [0, 0.1) is 17.8 Å². The van der Waals surface area contributed by atoms with Crippen LogP contribution in [0.2, 0.25) is 0 Å². The van der Waals surface area contributed by atoms with E-state index in [0.717, 1.165) is 19.3 Å². The highest BCUT2D eigenvalue weighted by Crippen LogP contribution is 2.42. The Morgan fingerprint density at radius 3 is 2.86 bits per heavy atom. The van der Waals surface area contributed by atoms with Crippen molar-refractivity contribution in [3.8, 4) is 0 Å². The molecule has 2 fully saturated rings. The zero-order valence-corrected chi connectivity index (χ0v) is 8.23. The van der Waals surface area contributed by atoms with E-state index in [0.29, 0.717) is 5.92 Å². The third-order valence-electron chi connectivity index (χ3n) is 3.45. The molecule has 0 bridgehead atoms. The van der Waals surface area contributed by atoms with Crippen LogP contribution >= 0.6 is 0 Å². The van der Waals surface area contributed by atoms with Crippen molar-refractivity contribution in [3.05, 3.63) is 0 Å². The molecular weight excluding hydrogens is 182 g/mol. The number of carbonyl (C=O) groups excluding carboxylic acids is 2. The predicted octanol–water partition coefficient (Wildman–Crippen LogP) is 0.449. The van der Waals surface area contributed by atoms with Crippen LogP contribution in [0.1, 0.15) is 26.2 Å². The molecule has 0 aromatic carbocycles. The molecule has 78 valence electrons. The second-order valence-corrected chi connectivity index (χ2v) is 4.34. The minimum absolute atomic E-state index is 0.0220. The van der Waals surface area contributed by atoms with Gasteiger partial charge in [0.05, 0.1) is 0 Å². The molecule has 2 aliphatic rings. The molecule has 1 saturated carbocycles. The van der Waals surface area contributed by atoms with Crippen LogP contribution in [0.5, 0.6) is 0 Å². The smallest absolute Gasteiger partial charge is 0.319 e. The van der Waals surface area contributed by atoms with Gasteiger partial charge in [-0.2, -0.15) is 0 Å². The van der Waals surface area contributed by atoms with E-state index in [-0.39, 0.29) is 12.0 Å². The molecular formula is C10H15NO3. The van der Waals surface area contributed by atoms with Gasteiger partial charge in [0, 0.05) is 5.92 Å². The predicted molar refractivity (Wildman–Crippen MR) is 49.1 cm³/mol. The lowest BCUT2D eigenvalue weighted by molar-refractivity contribution is -0.146. The van der Waals surface area contributed by atoms with Gasteiger partial charge in [-0.25, -0.2) is 0 Å². The molecule has 0 radical (unpaired) electrons. The lowest BCUT2D eigenvalue weighted by atomic mass is 9.73. The van der Waals surface area contributed by atoms with Gasteiger partial charge in [0.25, 0.3) is 0 Å². The lowest BCUT2D eigenvalue weighted by Gasteiger charge is -2.30. The SMILES string of the molecule is C[C@@H]1CCC[C@@H]2OC(=O)[C@@H](C(N)=O)[C@H]12. The largest absolute Gasteiger partial charge is 0.461 e. The molecule has 0 spiro atoms. The highest BCUT2D eigenvalue weighted by molar-refractivity contribution is 5.98. The fourth-order valence-electron chi connectivity index (χ4n) is 2.76. The Bertz CT molecular complexity index is 277. The van der Waals surface area contributed by atoms with E-state index in [4.69, 9.17) is 10.5 Å². The fraction of sp³-hybridized carbons (Fsp3) is 0.800. The van der Waals surface area contributed by atoms with Crippen molar-refractivity contribution in [2.45, 2.75) is 32.3 Å². The van der Waals surface area contributed by atoms with Crippen molar-refractivity contribution >= 4 is 11.9 Å². The van der Waals surface area contributed by atoms with Crippen LogP contribution in [-0.4, -0.2) is 18.0 Å². The maximum Gasteiger partial charge on any atom is 0.319 e. The minimum atomic E-state index is -0.699. The number of hydrogen-bond acceptors (Lipinski definition) is 3. The van der Waals surface area contributed by atoms with E-state index >= 15 is 0 Å². The van der Waals surface area contributed by atoms with Gasteiger partial charge in [-0.1, -0.05) is 13.3 Å². The monoisotopic (exact) mass is 197 g/mol. The summed E-state index contributed by atoms with van der Waals surface area (Å²) in [6.45, 7) is 2.06. The van der Waals surface area contributed by atoms with Gasteiger partial charge in [-0.15, -0.1) is 0 Å². The van der Waals surface area contributed by atoms with Gasteiger partial charge in [-0.05, 0) is 18.8 Å². The molecule has 14 heavy (non-hydrogen) atoms. The highest BCUT2D eigenvalue weighted by atomic mass is 16.6. The summed E-state index contributed by atoms with van der Waals surface area (Å²) in [5.41, 5.74) is 5.22. The first kappa shape index (κ1) is 9.49. The van der Waals surface area contributed by atoms with Crippen molar-refractivity contribution in [1.29, 1.82) is 0 Å². The molecule has 0 aromatic heterocycles. The molecule has 4 atom stereocenters. The Morgan fingerprint density at radius 2 is 2.21 bits per heavy atom. The number of primary amides is 1. The standard InChI is InChI=1S/C10H15NO3/c1-5-3-2-4-6-7(5)8(9(11)12)10(13)14-6/h5-8H,2-4H2,1H3,(H2,11,12)/t5-,6+,7-,8-/m1/s1. The number of rotatable bonds is 1. The summed E-state index contributed by atoms with van der Waals surface area (Å²) in [5.74, 6) is -1.26. The highest BCUT2D eigenvalue weighted by Gasteiger charge is 2.51. The molecule has 4 heteroatoms. The van der Waals surface area contributed by atoms with E-state index in [9.17, 15) is 9.59 Å². The van der Waals surface area contributed by atoms with Crippen molar-refractivity contribution in [1.82, 2.24) is 0 Å². The van der Waals surface area contributed by atoms with Crippen LogP contribution in [0.4, 0.5) is 0 Å². The molecule has 1 aliphatic heterocycles. The maximum absolute atomic E-state index is 11.4. The normalized spacial score (nSPS) is 41.6. The lowest BCUT2D eigenvalue weighted by Crippen LogP contribution is -2.38. The van der Waals surface area contributed by atoms with Crippen LogP contribution in [0.15, 0.2) is 0 Å². The second kappa shape index (κ2) is 3.26. The Morgan fingerprint density at radius 1 is 1.50 bits per heavy atom. The van der Waals surface area contributed by atoms with Crippen molar-refractivity contribution in [2.24, 2.45) is 23.5 Å². The fourth-order valence-corrected chi connectivity index (χ4v) is 2.76. The van der Waals surface area contributed by atoms with Crippen LogP contribution in [-0.2, 0) is 14.3 Å². The average molecular weight is 197 g/mol. The summed E-state index contributed by atoms with van der Waals surface area (Å²) in [7, 11) is 0. The first-order valence-corrected chi connectivity index (χ1v) is 5.11. The Hall–Kier alpha value is -1.06. The molecule has 1 amide bonds. The Labute approximate surface area is 82.8 Å². The van der Waals surface area contributed by atoms with E-state index in [1.807, 2.05) is 0 Å². The van der Waals surface area contributed by atoms with Gasteiger partial charge < -0.3 is 10.5 Å². The number of esters is 1. The zero-order valence-electron chi connectivity index (χ0n) is 8.23. The number of hydrogen-bond donors (Lipinski definition) is 1. The van der Waals surface area contributed by atoms with Crippen LogP contribution in [0.3, 0.4) is 0 Å². The number of fused-ring (bicyclic) bond motifs is 1. The van der Waals surface area contributed by atoms with Gasteiger partial charge in [0.1, 0.15) is 12.0 Å². The molecule has 1 aliphatic carbocycles. The number of carbonyl (C=O) groups is 2. The first-order valence-electron chi connectivity index (χ1n) is 5.11. The third-order valence-corrected chi connectivity index (χ3v) is 3.45. The van der Waals surface area contributed by atoms with Gasteiger partial charge in [-0.3, -0.25) is 9.59 Å². The maximum atomic E-state index is 11.4. The summed E-state index contributed by atoms with van der Waals surface area (Å²) < 4.78 is 5.17. The topological polar surface area (TPSA) is 69.4 Å². The average Bonchev–Trinajstić information content (AvgIpc) is 2.42. The van der Waals surface area contributed by atoms with Crippen molar-refractivity contribution in [3.63, 3.8) is 0 Å². The van der Waals surface area contributed by atoms with Gasteiger partial charge >= 0.3 is 5.97 Å². The van der Waals surface area contributed by atoms with E-state index in [1.165, 1.54) is 0 Å². The van der Waals surface area contributed by atoms with Gasteiger partial charge in [0.15, 0.2) is 0 Å². The van der Waals surface area contributed by atoms with E-state index in [1.54, 1.807) is 0 Å². The molecule has 2 rings (SSSR count). The third kappa shape index (κ3) is 1.29. The molecule has 1 saturated heterocycles. The molecule has 0 aromatic rings. The number of ether oxygens (including phenoxy) is 1. The summed E-state index contributed by atoms with van der Waals surface area (Å²) >= 11 is 0. The Kier molecular flexibility index (Phi) is 2.21.